The molecular weight excluding hydrogens is 405 g/mol. The second kappa shape index (κ2) is 8.34. The number of nitro benzene ring substituents is 1. The van der Waals surface area contributed by atoms with Gasteiger partial charge >= 0.3 is 0 Å². The summed E-state index contributed by atoms with van der Waals surface area (Å²) in [5.74, 6) is -1.03. The molecule has 0 unspecified atom stereocenters. The summed E-state index contributed by atoms with van der Waals surface area (Å²) < 4.78 is 13.0. The Morgan fingerprint density at radius 1 is 1.16 bits per heavy atom. The molecule has 0 atom stereocenters. The summed E-state index contributed by atoms with van der Waals surface area (Å²) in [6.07, 6.45) is 0.506. The summed E-state index contributed by atoms with van der Waals surface area (Å²) >= 11 is 0. The monoisotopic (exact) mass is 423 g/mol. The van der Waals surface area contributed by atoms with Gasteiger partial charge in [-0.15, -0.1) is 0 Å². The second-order valence-corrected chi connectivity index (χ2v) is 7.12. The zero-order chi connectivity index (χ0) is 22.0. The minimum Gasteiger partial charge on any atom is -0.347 e. The molecule has 3 aromatic rings. The fraction of sp³-hybridized carbons (Fsp3) is 0.190. The van der Waals surface area contributed by atoms with Gasteiger partial charge in [0.1, 0.15) is 5.82 Å². The molecule has 0 spiro atoms. The van der Waals surface area contributed by atoms with E-state index in [2.05, 4.69) is 15.5 Å². The Balaban J connectivity index is 1.45. The van der Waals surface area contributed by atoms with E-state index in [9.17, 15) is 24.1 Å². The number of hydrogen-bond acceptors (Lipinski definition) is 5. The highest BCUT2D eigenvalue weighted by molar-refractivity contribution is 5.96. The zero-order valence-electron chi connectivity index (χ0n) is 16.3. The Labute approximate surface area is 176 Å². The van der Waals surface area contributed by atoms with Gasteiger partial charge in [-0.1, -0.05) is 12.1 Å². The number of nitrogens with zero attached hydrogens (tertiary/aromatic N) is 3. The van der Waals surface area contributed by atoms with Crippen LogP contribution in [0.1, 0.15) is 37.7 Å². The number of carbonyl (C=O) groups excluding carboxylic acids is 2. The van der Waals surface area contributed by atoms with Crippen LogP contribution in [0.2, 0.25) is 0 Å². The minimum absolute atomic E-state index is 0.0903. The molecule has 10 heteroatoms. The smallest absolute Gasteiger partial charge is 0.272 e. The molecule has 0 fully saturated rings. The predicted molar refractivity (Wildman–Crippen MR) is 108 cm³/mol. The van der Waals surface area contributed by atoms with Crippen molar-refractivity contribution >= 4 is 17.5 Å². The third kappa shape index (κ3) is 4.27. The highest BCUT2D eigenvalue weighted by Gasteiger charge is 2.28. The number of non-ortho nitro benzene ring substituents is 1. The number of benzene rings is 2. The largest absolute Gasteiger partial charge is 0.347 e. The van der Waals surface area contributed by atoms with Gasteiger partial charge in [-0.3, -0.25) is 24.8 Å². The van der Waals surface area contributed by atoms with Gasteiger partial charge in [-0.05, 0) is 29.8 Å². The molecule has 0 radical (unpaired) electrons. The lowest BCUT2D eigenvalue weighted by atomic mass is 10.0. The fourth-order valence-corrected chi connectivity index (χ4v) is 3.43. The first kappa shape index (κ1) is 20.2. The van der Waals surface area contributed by atoms with E-state index in [4.69, 9.17) is 0 Å². The molecule has 4 rings (SSSR count). The summed E-state index contributed by atoms with van der Waals surface area (Å²) in [7, 11) is 0. The number of hydrogen-bond donors (Lipinski definition) is 2. The number of nitro groups is 1. The van der Waals surface area contributed by atoms with E-state index < -0.39 is 10.8 Å². The molecule has 2 aromatic carbocycles. The Hall–Kier alpha value is -4.08. The van der Waals surface area contributed by atoms with Gasteiger partial charge in [-0.25, -0.2) is 4.39 Å². The van der Waals surface area contributed by atoms with Crippen LogP contribution in [0.4, 0.5) is 10.1 Å². The maximum Gasteiger partial charge on any atom is 0.272 e. The average molecular weight is 423 g/mol. The van der Waals surface area contributed by atoms with E-state index in [0.717, 1.165) is 11.3 Å². The third-order valence-corrected chi connectivity index (χ3v) is 5.13. The van der Waals surface area contributed by atoms with Crippen molar-refractivity contribution in [1.29, 1.82) is 0 Å². The van der Waals surface area contributed by atoms with E-state index in [0.29, 0.717) is 24.1 Å². The Kier molecular flexibility index (Phi) is 5.44. The van der Waals surface area contributed by atoms with Gasteiger partial charge in [-0.2, -0.15) is 5.10 Å². The van der Waals surface area contributed by atoms with Crippen molar-refractivity contribution in [3.05, 3.63) is 92.5 Å². The molecule has 1 aromatic heterocycles. The molecule has 0 bridgehead atoms. The Morgan fingerprint density at radius 2 is 1.87 bits per heavy atom. The molecule has 0 saturated carbocycles. The van der Waals surface area contributed by atoms with Crippen LogP contribution in [0.15, 0.2) is 48.5 Å². The lowest BCUT2D eigenvalue weighted by Crippen LogP contribution is -2.36. The molecule has 2 N–H and O–H groups in total. The Morgan fingerprint density at radius 3 is 2.55 bits per heavy atom. The van der Waals surface area contributed by atoms with E-state index in [1.807, 2.05) is 0 Å². The molecule has 0 aliphatic carbocycles. The maximum atomic E-state index is 13.0. The third-order valence-electron chi connectivity index (χ3n) is 5.13. The van der Waals surface area contributed by atoms with Crippen molar-refractivity contribution in [2.45, 2.75) is 19.5 Å². The van der Waals surface area contributed by atoms with Gasteiger partial charge in [0.25, 0.3) is 17.5 Å². The predicted octanol–water partition coefficient (Wildman–Crippen LogP) is 2.59. The van der Waals surface area contributed by atoms with Crippen molar-refractivity contribution in [1.82, 2.24) is 20.4 Å². The average Bonchev–Trinajstić information content (AvgIpc) is 3.21. The van der Waals surface area contributed by atoms with Gasteiger partial charge in [0.05, 0.1) is 11.5 Å². The second-order valence-electron chi connectivity index (χ2n) is 7.12. The number of aromatic amines is 1. The van der Waals surface area contributed by atoms with Crippen LogP contribution >= 0.6 is 0 Å². The van der Waals surface area contributed by atoms with Crippen molar-refractivity contribution < 1.29 is 18.9 Å². The highest BCUT2D eigenvalue weighted by Crippen LogP contribution is 2.23. The van der Waals surface area contributed by atoms with Crippen molar-refractivity contribution in [2.75, 3.05) is 6.54 Å². The van der Waals surface area contributed by atoms with Crippen molar-refractivity contribution in [3.8, 4) is 0 Å². The van der Waals surface area contributed by atoms with Crippen molar-refractivity contribution in [2.24, 2.45) is 0 Å². The number of halogens is 1. The number of H-pyrrole nitrogens is 1. The standard InChI is InChI=1S/C21H18FN5O4/c22-15-5-1-13(2-6-15)11-23-20(28)19-17-12-26(10-9-18(17)24-25-19)21(29)14-3-7-16(8-4-14)27(30)31/h1-8H,9-12H2,(H,23,28)(H,24,25). The minimum atomic E-state index is -0.524. The molecule has 2 amide bonds. The van der Waals surface area contributed by atoms with E-state index in [1.54, 1.807) is 17.0 Å². The van der Waals surface area contributed by atoms with Crippen LogP contribution in [-0.2, 0) is 19.5 Å². The quantitative estimate of drug-likeness (QED) is 0.483. The fourth-order valence-electron chi connectivity index (χ4n) is 3.43. The summed E-state index contributed by atoms with van der Waals surface area (Å²) in [4.78, 5) is 37.3. The topological polar surface area (TPSA) is 121 Å². The van der Waals surface area contributed by atoms with Crippen molar-refractivity contribution in [3.63, 3.8) is 0 Å². The highest BCUT2D eigenvalue weighted by atomic mass is 19.1. The van der Waals surface area contributed by atoms with Crippen LogP contribution < -0.4 is 5.32 Å². The van der Waals surface area contributed by atoms with E-state index >= 15 is 0 Å². The molecule has 9 nitrogen and oxygen atoms in total. The van der Waals surface area contributed by atoms with Gasteiger partial charge in [0.15, 0.2) is 5.69 Å². The molecule has 0 saturated heterocycles. The van der Waals surface area contributed by atoms with Crippen LogP contribution in [0.5, 0.6) is 0 Å². The van der Waals surface area contributed by atoms with Crippen LogP contribution in [-0.4, -0.2) is 38.4 Å². The first-order chi connectivity index (χ1) is 14.9. The molecule has 2 heterocycles. The zero-order valence-corrected chi connectivity index (χ0v) is 16.3. The molecular formula is C21H18FN5O4. The summed E-state index contributed by atoms with van der Waals surface area (Å²) in [6.45, 7) is 0.842. The lowest BCUT2D eigenvalue weighted by Gasteiger charge is -2.27. The molecule has 31 heavy (non-hydrogen) atoms. The summed E-state index contributed by atoms with van der Waals surface area (Å²) in [5, 5.41) is 20.5. The number of aromatic nitrogens is 2. The van der Waals surface area contributed by atoms with Crippen LogP contribution in [0.25, 0.3) is 0 Å². The lowest BCUT2D eigenvalue weighted by molar-refractivity contribution is -0.384. The SMILES string of the molecule is O=C(NCc1ccc(F)cc1)c1n[nH]c2c1CN(C(=O)c1ccc([N+](=O)[O-])cc1)CC2. The van der Waals surface area contributed by atoms with E-state index in [1.165, 1.54) is 36.4 Å². The molecule has 1 aliphatic rings. The number of fused-ring (bicyclic) bond motifs is 1. The first-order valence-electron chi connectivity index (χ1n) is 9.55. The van der Waals surface area contributed by atoms with Gasteiger partial charge < -0.3 is 10.2 Å². The Bertz CT molecular complexity index is 1140. The normalized spacial score (nSPS) is 12.9. The number of nitrogens with one attached hydrogen (secondary N) is 2. The number of rotatable bonds is 5. The number of amides is 2. The van der Waals surface area contributed by atoms with Gasteiger partial charge in [0, 0.05) is 48.5 Å². The van der Waals surface area contributed by atoms with Gasteiger partial charge in [0.2, 0.25) is 0 Å². The van der Waals surface area contributed by atoms with Crippen LogP contribution in [0.3, 0.4) is 0 Å². The van der Waals surface area contributed by atoms with E-state index in [-0.39, 0.29) is 36.2 Å². The molecule has 158 valence electrons. The summed E-state index contributed by atoms with van der Waals surface area (Å²) in [5.41, 5.74) is 2.62. The first-order valence-corrected chi connectivity index (χ1v) is 9.55. The number of carbonyl (C=O) groups is 2. The maximum absolute atomic E-state index is 13.0. The molecule has 1 aliphatic heterocycles. The summed E-state index contributed by atoms with van der Waals surface area (Å²) in [6, 6.07) is 11.2. The van der Waals surface area contributed by atoms with Crippen LogP contribution in [0, 0.1) is 15.9 Å².